The maximum atomic E-state index is 5.76. The lowest BCUT2D eigenvalue weighted by Gasteiger charge is -2.11. The number of nitrogens with zero attached hydrogens (tertiary/aromatic N) is 2. The van der Waals surface area contributed by atoms with Crippen LogP contribution in [0.1, 0.15) is 25.5 Å². The van der Waals surface area contributed by atoms with Gasteiger partial charge in [-0.1, -0.05) is 6.92 Å². The van der Waals surface area contributed by atoms with Crippen LogP contribution in [0.25, 0.3) is 0 Å². The zero-order valence-electron chi connectivity index (χ0n) is 8.33. The molecule has 1 aliphatic carbocycles. The number of anilines is 1. The summed E-state index contributed by atoms with van der Waals surface area (Å²) >= 11 is 0. The van der Waals surface area contributed by atoms with Crippen LogP contribution in [0.15, 0.2) is 6.20 Å². The summed E-state index contributed by atoms with van der Waals surface area (Å²) in [6.45, 7) is 5.30. The average molecular weight is 179 g/mol. The highest BCUT2D eigenvalue weighted by Crippen LogP contribution is 2.37. The quantitative estimate of drug-likeness (QED) is 0.769. The first-order chi connectivity index (χ1) is 6.16. The maximum absolute atomic E-state index is 5.76. The van der Waals surface area contributed by atoms with Gasteiger partial charge in [-0.2, -0.15) is 0 Å². The summed E-state index contributed by atoms with van der Waals surface area (Å²) in [6.07, 6.45) is 4.83. The van der Waals surface area contributed by atoms with Gasteiger partial charge in [0, 0.05) is 12.7 Å². The largest absolute Gasteiger partial charge is 0.369 e. The van der Waals surface area contributed by atoms with Gasteiger partial charge in [0.2, 0.25) is 0 Å². The second kappa shape index (κ2) is 3.05. The number of aromatic nitrogens is 2. The number of nitrogen functional groups attached to an aromatic ring is 1. The Morgan fingerprint density at radius 1 is 1.69 bits per heavy atom. The molecule has 0 bridgehead atoms. The van der Waals surface area contributed by atoms with E-state index in [-0.39, 0.29) is 0 Å². The molecule has 13 heavy (non-hydrogen) atoms. The van der Waals surface area contributed by atoms with Crippen molar-refractivity contribution in [3.05, 3.63) is 11.9 Å². The Hall–Kier alpha value is -0.990. The predicted octanol–water partition coefficient (Wildman–Crippen LogP) is 1.82. The molecule has 0 aromatic carbocycles. The van der Waals surface area contributed by atoms with Crippen molar-refractivity contribution in [2.24, 2.45) is 11.8 Å². The molecule has 1 atom stereocenters. The number of hydrogen-bond acceptors (Lipinski definition) is 2. The van der Waals surface area contributed by atoms with E-state index in [0.717, 1.165) is 24.1 Å². The van der Waals surface area contributed by atoms with Gasteiger partial charge in [0.15, 0.2) is 5.95 Å². The van der Waals surface area contributed by atoms with Gasteiger partial charge >= 0.3 is 0 Å². The molecule has 0 amide bonds. The van der Waals surface area contributed by atoms with E-state index in [1.165, 1.54) is 12.8 Å². The van der Waals surface area contributed by atoms with Gasteiger partial charge in [-0.25, -0.2) is 4.98 Å². The maximum Gasteiger partial charge on any atom is 0.200 e. The van der Waals surface area contributed by atoms with Gasteiger partial charge in [-0.05, 0) is 31.6 Å². The molecule has 1 unspecified atom stereocenters. The van der Waals surface area contributed by atoms with Gasteiger partial charge in [-0.3, -0.25) is 0 Å². The summed E-state index contributed by atoms with van der Waals surface area (Å²) < 4.78 is 2.07. The van der Waals surface area contributed by atoms with Crippen LogP contribution in [-0.2, 0) is 6.54 Å². The molecule has 1 aromatic heterocycles. The first kappa shape index (κ1) is 8.60. The minimum absolute atomic E-state index is 0.657. The highest BCUT2D eigenvalue weighted by atomic mass is 15.1. The minimum Gasteiger partial charge on any atom is -0.369 e. The van der Waals surface area contributed by atoms with Crippen LogP contribution in [0, 0.1) is 18.8 Å². The van der Waals surface area contributed by atoms with Crippen LogP contribution in [-0.4, -0.2) is 9.55 Å². The molecular formula is C10H17N3. The molecule has 1 aliphatic rings. The smallest absolute Gasteiger partial charge is 0.200 e. The third-order valence-electron chi connectivity index (χ3n) is 2.84. The summed E-state index contributed by atoms with van der Waals surface area (Å²) in [7, 11) is 0. The fourth-order valence-electron chi connectivity index (χ4n) is 1.84. The number of rotatable bonds is 3. The number of imidazole rings is 1. The predicted molar refractivity (Wildman–Crippen MR) is 53.3 cm³/mol. The molecule has 1 heterocycles. The molecule has 3 heteroatoms. The highest BCUT2D eigenvalue weighted by Gasteiger charge is 2.28. The molecule has 1 saturated carbocycles. The van der Waals surface area contributed by atoms with Gasteiger partial charge in [0.25, 0.3) is 0 Å². The van der Waals surface area contributed by atoms with Crippen LogP contribution in [0.4, 0.5) is 5.95 Å². The Morgan fingerprint density at radius 2 is 2.38 bits per heavy atom. The van der Waals surface area contributed by atoms with E-state index in [1.54, 1.807) is 0 Å². The second-order valence-electron chi connectivity index (χ2n) is 4.21. The second-order valence-corrected chi connectivity index (χ2v) is 4.21. The molecule has 2 N–H and O–H groups in total. The third-order valence-corrected chi connectivity index (χ3v) is 2.84. The van der Waals surface area contributed by atoms with Crippen molar-refractivity contribution in [2.45, 2.75) is 33.2 Å². The molecule has 0 saturated heterocycles. The Kier molecular flexibility index (Phi) is 2.02. The van der Waals surface area contributed by atoms with Crippen molar-refractivity contribution in [1.82, 2.24) is 9.55 Å². The summed E-state index contributed by atoms with van der Waals surface area (Å²) in [6, 6.07) is 0. The topological polar surface area (TPSA) is 43.8 Å². The van der Waals surface area contributed by atoms with E-state index in [2.05, 4.69) is 16.5 Å². The van der Waals surface area contributed by atoms with Gasteiger partial charge in [0.05, 0.1) is 5.69 Å². The molecule has 2 rings (SSSR count). The van der Waals surface area contributed by atoms with E-state index >= 15 is 0 Å². The van der Waals surface area contributed by atoms with E-state index in [0.29, 0.717) is 5.95 Å². The molecule has 3 nitrogen and oxygen atoms in total. The fraction of sp³-hybridized carbons (Fsp3) is 0.700. The number of hydrogen-bond donors (Lipinski definition) is 1. The van der Waals surface area contributed by atoms with E-state index in [4.69, 9.17) is 5.73 Å². The molecule has 0 radical (unpaired) electrons. The van der Waals surface area contributed by atoms with Crippen LogP contribution in [0.3, 0.4) is 0 Å². The summed E-state index contributed by atoms with van der Waals surface area (Å²) in [4.78, 5) is 4.18. The van der Waals surface area contributed by atoms with E-state index in [9.17, 15) is 0 Å². The molecule has 1 aromatic rings. The fourth-order valence-corrected chi connectivity index (χ4v) is 1.84. The van der Waals surface area contributed by atoms with Crippen LogP contribution < -0.4 is 5.73 Å². The Bertz CT molecular complexity index is 299. The first-order valence-corrected chi connectivity index (χ1v) is 4.96. The van der Waals surface area contributed by atoms with Crippen LogP contribution in [0.5, 0.6) is 0 Å². The lowest BCUT2D eigenvalue weighted by atomic mass is 10.1. The van der Waals surface area contributed by atoms with Crippen molar-refractivity contribution in [2.75, 3.05) is 5.73 Å². The summed E-state index contributed by atoms with van der Waals surface area (Å²) in [5, 5.41) is 0. The molecule has 0 aliphatic heterocycles. The minimum atomic E-state index is 0.657. The molecular weight excluding hydrogens is 162 g/mol. The molecule has 1 fully saturated rings. The number of aryl methyl sites for hydroxylation is 1. The van der Waals surface area contributed by atoms with Gasteiger partial charge in [0.1, 0.15) is 0 Å². The summed E-state index contributed by atoms with van der Waals surface area (Å²) in [5.41, 5.74) is 6.78. The standard InChI is InChI=1S/C10H17N3/c1-7(9-3-4-9)5-13-6-8(2)12-10(13)11/h6-7,9H,3-5H2,1-2H3,(H2,11,12). The monoisotopic (exact) mass is 179 g/mol. The lowest BCUT2D eigenvalue weighted by Crippen LogP contribution is -2.10. The molecule has 0 spiro atoms. The van der Waals surface area contributed by atoms with Crippen LogP contribution in [0.2, 0.25) is 0 Å². The lowest BCUT2D eigenvalue weighted by molar-refractivity contribution is 0.433. The van der Waals surface area contributed by atoms with Crippen molar-refractivity contribution in [3.63, 3.8) is 0 Å². The highest BCUT2D eigenvalue weighted by molar-refractivity contribution is 5.21. The Labute approximate surface area is 79.0 Å². The van der Waals surface area contributed by atoms with Gasteiger partial charge < -0.3 is 10.3 Å². The van der Waals surface area contributed by atoms with Gasteiger partial charge in [-0.15, -0.1) is 0 Å². The van der Waals surface area contributed by atoms with Crippen molar-refractivity contribution in [1.29, 1.82) is 0 Å². The van der Waals surface area contributed by atoms with Crippen LogP contribution >= 0.6 is 0 Å². The third kappa shape index (κ3) is 1.85. The SMILES string of the molecule is Cc1cn(CC(C)C2CC2)c(N)n1. The van der Waals surface area contributed by atoms with Crippen molar-refractivity contribution < 1.29 is 0 Å². The summed E-state index contributed by atoms with van der Waals surface area (Å²) in [5.74, 6) is 2.34. The number of nitrogens with two attached hydrogens (primary N) is 1. The zero-order chi connectivity index (χ0) is 9.42. The average Bonchev–Trinajstić information content (AvgIpc) is 2.81. The normalized spacial score (nSPS) is 18.9. The first-order valence-electron chi connectivity index (χ1n) is 4.96. The Morgan fingerprint density at radius 3 is 2.85 bits per heavy atom. The Balaban J connectivity index is 2.03. The molecule has 72 valence electrons. The van der Waals surface area contributed by atoms with Crippen molar-refractivity contribution in [3.8, 4) is 0 Å². The van der Waals surface area contributed by atoms with E-state index in [1.807, 2.05) is 13.1 Å². The van der Waals surface area contributed by atoms with Crippen molar-refractivity contribution >= 4 is 5.95 Å². The zero-order valence-corrected chi connectivity index (χ0v) is 8.33. The van der Waals surface area contributed by atoms with E-state index < -0.39 is 0 Å².